The molecule has 2 bridgehead atoms. The first-order valence-electron chi connectivity index (χ1n) is 7.76. The predicted molar refractivity (Wildman–Crippen MR) is 84.2 cm³/mol. The zero-order valence-corrected chi connectivity index (χ0v) is 12.3. The highest BCUT2D eigenvalue weighted by Gasteiger charge is 2.32. The van der Waals surface area contributed by atoms with E-state index in [0.29, 0.717) is 11.6 Å². The zero-order chi connectivity index (χ0) is 15.6. The molecule has 2 aromatic heterocycles. The van der Waals surface area contributed by atoms with E-state index < -0.39 is 11.3 Å². The van der Waals surface area contributed by atoms with Gasteiger partial charge in [0, 0.05) is 24.7 Å². The summed E-state index contributed by atoms with van der Waals surface area (Å²) < 4.78 is 11.8. The van der Waals surface area contributed by atoms with Crippen molar-refractivity contribution in [1.82, 2.24) is 9.47 Å². The summed E-state index contributed by atoms with van der Waals surface area (Å²) in [7, 11) is 0. The van der Waals surface area contributed by atoms with E-state index in [-0.39, 0.29) is 0 Å². The summed E-state index contributed by atoms with van der Waals surface area (Å²) in [5.74, 6) is 0.451. The van der Waals surface area contributed by atoms with Crippen LogP contribution in [0.2, 0.25) is 0 Å². The molecule has 6 nitrogen and oxygen atoms in total. The molecule has 5 heterocycles. The van der Waals surface area contributed by atoms with Crippen LogP contribution in [0.3, 0.4) is 0 Å². The van der Waals surface area contributed by atoms with Gasteiger partial charge in [-0.3, -0.25) is 0 Å². The first kappa shape index (κ1) is 12.8. The van der Waals surface area contributed by atoms with Gasteiger partial charge in [0.25, 0.3) is 0 Å². The van der Waals surface area contributed by atoms with Crippen LogP contribution in [0, 0.1) is 5.92 Å². The summed E-state index contributed by atoms with van der Waals surface area (Å²) in [6.07, 6.45) is 4.35. The molecule has 1 aromatic carbocycles. The van der Waals surface area contributed by atoms with Gasteiger partial charge < -0.3 is 13.8 Å². The molecule has 3 aromatic rings. The molecule has 0 saturated carbocycles. The van der Waals surface area contributed by atoms with Crippen LogP contribution in [0.1, 0.15) is 18.4 Å². The lowest BCUT2D eigenvalue weighted by Crippen LogP contribution is -2.35. The Bertz CT molecular complexity index is 1080. The lowest BCUT2D eigenvalue weighted by molar-refractivity contribution is 0.252. The molecule has 23 heavy (non-hydrogen) atoms. The number of rotatable bonds is 1. The SMILES string of the molecule is O=c1oc2c(C3=CN4CCC3CC4)c3ccccc3n2oc1=O. The molecule has 0 aliphatic carbocycles. The normalized spacial score (nSPS) is 18.1. The van der Waals surface area contributed by atoms with Crippen molar-refractivity contribution in [2.75, 3.05) is 13.1 Å². The van der Waals surface area contributed by atoms with Gasteiger partial charge in [-0.05, 0) is 30.4 Å². The molecule has 6 heteroatoms. The maximum Gasteiger partial charge on any atom is 0.442 e. The number of nitrogens with zero attached hydrogens (tertiary/aromatic N) is 2. The third kappa shape index (κ3) is 1.69. The van der Waals surface area contributed by atoms with Crippen LogP contribution < -0.4 is 11.3 Å². The van der Waals surface area contributed by atoms with Gasteiger partial charge in [0.15, 0.2) is 0 Å². The lowest BCUT2D eigenvalue weighted by Gasteiger charge is -2.39. The van der Waals surface area contributed by atoms with Gasteiger partial charge >= 0.3 is 11.3 Å². The average Bonchev–Trinajstić information content (AvgIpc) is 2.90. The van der Waals surface area contributed by atoms with E-state index in [1.165, 1.54) is 4.57 Å². The Balaban J connectivity index is 1.94. The maximum absolute atomic E-state index is 11.7. The number of aromatic nitrogens is 1. The highest BCUT2D eigenvalue weighted by atomic mass is 16.5. The lowest BCUT2D eigenvalue weighted by atomic mass is 9.82. The second kappa shape index (κ2) is 4.38. The monoisotopic (exact) mass is 310 g/mol. The van der Waals surface area contributed by atoms with E-state index >= 15 is 0 Å². The predicted octanol–water partition coefficient (Wildman–Crippen LogP) is 2.07. The highest BCUT2D eigenvalue weighted by molar-refractivity contribution is 6.00. The molecule has 0 amide bonds. The van der Waals surface area contributed by atoms with Crippen molar-refractivity contribution in [2.45, 2.75) is 12.8 Å². The Morgan fingerprint density at radius 1 is 1.04 bits per heavy atom. The zero-order valence-electron chi connectivity index (χ0n) is 12.3. The molecule has 3 aliphatic rings. The second-order valence-electron chi connectivity index (χ2n) is 6.15. The van der Waals surface area contributed by atoms with Gasteiger partial charge in [-0.15, -0.1) is 4.57 Å². The van der Waals surface area contributed by atoms with Crippen molar-refractivity contribution in [2.24, 2.45) is 5.92 Å². The van der Waals surface area contributed by atoms with Crippen molar-refractivity contribution in [3.05, 3.63) is 56.9 Å². The molecule has 0 spiro atoms. The van der Waals surface area contributed by atoms with E-state index in [1.54, 1.807) is 0 Å². The molecule has 0 N–H and O–H groups in total. The summed E-state index contributed by atoms with van der Waals surface area (Å²) >= 11 is 0. The minimum absolute atomic E-state index is 0.316. The van der Waals surface area contributed by atoms with Crippen LogP contribution in [0.25, 0.3) is 22.2 Å². The van der Waals surface area contributed by atoms with Gasteiger partial charge in [-0.2, -0.15) is 0 Å². The average molecular weight is 310 g/mol. The molecular weight excluding hydrogens is 296 g/mol. The largest absolute Gasteiger partial charge is 0.442 e. The summed E-state index contributed by atoms with van der Waals surface area (Å²) in [5, 5.41) is 0.935. The molecule has 6 rings (SSSR count). The third-order valence-electron chi connectivity index (χ3n) is 4.90. The first-order chi connectivity index (χ1) is 11.2. The van der Waals surface area contributed by atoms with E-state index in [0.717, 1.165) is 48.0 Å². The van der Waals surface area contributed by atoms with E-state index in [4.69, 9.17) is 8.94 Å². The number of allylic oxidation sites excluding steroid dienone is 1. The van der Waals surface area contributed by atoms with Gasteiger partial charge in [0.05, 0.1) is 11.1 Å². The number of benzene rings is 1. The molecule has 0 atom stereocenters. The molecule has 3 aliphatic heterocycles. The van der Waals surface area contributed by atoms with Crippen LogP contribution in [0.15, 0.2) is 49.0 Å². The maximum atomic E-state index is 11.7. The Morgan fingerprint density at radius 3 is 2.57 bits per heavy atom. The van der Waals surface area contributed by atoms with Gasteiger partial charge in [0.1, 0.15) is 0 Å². The van der Waals surface area contributed by atoms with E-state index in [2.05, 4.69) is 11.1 Å². The van der Waals surface area contributed by atoms with Crippen LogP contribution in [-0.4, -0.2) is 22.6 Å². The van der Waals surface area contributed by atoms with E-state index in [9.17, 15) is 9.59 Å². The van der Waals surface area contributed by atoms with E-state index in [1.807, 2.05) is 24.3 Å². The quantitative estimate of drug-likeness (QED) is 0.644. The fourth-order valence-corrected chi connectivity index (χ4v) is 3.81. The minimum Gasteiger partial charge on any atom is -0.397 e. The number of piperidine rings is 1. The van der Waals surface area contributed by atoms with Crippen LogP contribution in [0.5, 0.6) is 0 Å². The van der Waals surface area contributed by atoms with Crippen molar-refractivity contribution in [3.8, 4) is 0 Å². The van der Waals surface area contributed by atoms with Crippen LogP contribution in [0.4, 0.5) is 0 Å². The summed E-state index contributed by atoms with van der Waals surface area (Å²) in [4.78, 5) is 25.6. The third-order valence-corrected chi connectivity index (χ3v) is 4.90. The number of hydrogen-bond donors (Lipinski definition) is 0. The molecule has 1 fully saturated rings. The van der Waals surface area contributed by atoms with Crippen molar-refractivity contribution in [1.29, 1.82) is 0 Å². The van der Waals surface area contributed by atoms with Crippen molar-refractivity contribution >= 4 is 22.2 Å². The first-order valence-corrected chi connectivity index (χ1v) is 7.76. The Labute approximate surface area is 130 Å². The number of para-hydroxylation sites is 1. The fourth-order valence-electron chi connectivity index (χ4n) is 3.81. The van der Waals surface area contributed by atoms with Gasteiger partial charge in [-0.1, -0.05) is 18.2 Å². The van der Waals surface area contributed by atoms with Crippen molar-refractivity contribution < 1.29 is 8.94 Å². The highest BCUT2D eigenvalue weighted by Crippen LogP contribution is 2.42. The van der Waals surface area contributed by atoms with Crippen LogP contribution in [-0.2, 0) is 0 Å². The summed E-state index contributed by atoms with van der Waals surface area (Å²) in [6.45, 7) is 2.13. The van der Waals surface area contributed by atoms with Gasteiger partial charge in [-0.25, -0.2) is 9.59 Å². The summed E-state index contributed by atoms with van der Waals surface area (Å²) in [5.41, 5.74) is 1.12. The molecule has 1 saturated heterocycles. The summed E-state index contributed by atoms with van der Waals surface area (Å²) in [6, 6.07) is 7.63. The smallest absolute Gasteiger partial charge is 0.397 e. The van der Waals surface area contributed by atoms with Crippen LogP contribution >= 0.6 is 0 Å². The Kier molecular flexibility index (Phi) is 2.43. The Hall–Kier alpha value is -2.76. The molecule has 116 valence electrons. The fraction of sp³-hybridized carbons (Fsp3) is 0.294. The molecule has 0 unspecified atom stereocenters. The Morgan fingerprint density at radius 2 is 1.83 bits per heavy atom. The van der Waals surface area contributed by atoms with Gasteiger partial charge in [0.2, 0.25) is 5.71 Å². The molecule has 0 radical (unpaired) electrons. The molecular formula is C17H14N2O4. The minimum atomic E-state index is -0.993. The van der Waals surface area contributed by atoms with Crippen molar-refractivity contribution in [3.63, 3.8) is 0 Å². The number of hydrogen-bond acceptors (Lipinski definition) is 5. The standard InChI is InChI=1S/C17H14N2O4/c20-16-17(21)23-19-13-4-2-1-3-11(13)14(15(19)22-16)12-9-18-7-5-10(12)6-8-18/h1-4,9-10H,5-8H2. The number of fused-ring (bicyclic) bond motifs is 5. The topological polar surface area (TPSA) is 68.1 Å². The second-order valence-corrected chi connectivity index (χ2v) is 6.15.